The Morgan fingerprint density at radius 1 is 1.00 bits per heavy atom. The summed E-state index contributed by atoms with van der Waals surface area (Å²) in [5, 5.41) is 0. The minimum Gasteiger partial charge on any atom is -0.497 e. The molecular weight excluding hydrogens is 466 g/mol. The first-order valence-corrected chi connectivity index (χ1v) is 12.7. The Balaban J connectivity index is 1.35. The van der Waals surface area contributed by atoms with E-state index in [1.165, 1.54) is 0 Å². The van der Waals surface area contributed by atoms with Crippen molar-refractivity contribution in [3.8, 4) is 17.2 Å². The van der Waals surface area contributed by atoms with Gasteiger partial charge in [-0.05, 0) is 54.5 Å². The number of piperidine rings is 1. The van der Waals surface area contributed by atoms with Crippen molar-refractivity contribution in [2.24, 2.45) is 0 Å². The van der Waals surface area contributed by atoms with Crippen LogP contribution in [0.5, 0.6) is 17.2 Å². The molecule has 2 aliphatic rings. The van der Waals surface area contributed by atoms with E-state index < -0.39 is 5.60 Å². The number of hydrogen-bond donors (Lipinski definition) is 0. The minimum atomic E-state index is -0.582. The molecule has 5 rings (SSSR count). The molecule has 0 aromatic heterocycles. The summed E-state index contributed by atoms with van der Waals surface area (Å²) in [5.74, 6) is 2.06. The SMILES string of the molecule is CCOc1ccc(/C=C(/C(=O)N2CCC3(CC2)CC(=O)c2cc(OC)ccc2O3)c2ccccc2)cc1. The van der Waals surface area contributed by atoms with Gasteiger partial charge in [0.25, 0.3) is 5.91 Å². The first kappa shape index (κ1) is 24.6. The second kappa shape index (κ2) is 10.5. The van der Waals surface area contributed by atoms with E-state index in [9.17, 15) is 9.59 Å². The second-order valence-electron chi connectivity index (χ2n) is 9.47. The molecule has 1 saturated heterocycles. The molecule has 0 radical (unpaired) electrons. The van der Waals surface area contributed by atoms with Gasteiger partial charge in [-0.15, -0.1) is 0 Å². The molecule has 0 N–H and O–H groups in total. The van der Waals surface area contributed by atoms with Gasteiger partial charge in [0.1, 0.15) is 22.8 Å². The fourth-order valence-corrected chi connectivity index (χ4v) is 5.05. The molecule has 0 saturated carbocycles. The van der Waals surface area contributed by atoms with Gasteiger partial charge in [-0.2, -0.15) is 0 Å². The average molecular weight is 498 g/mol. The van der Waals surface area contributed by atoms with Crippen molar-refractivity contribution in [1.82, 2.24) is 4.90 Å². The van der Waals surface area contributed by atoms with Gasteiger partial charge in [0.2, 0.25) is 0 Å². The predicted octanol–water partition coefficient (Wildman–Crippen LogP) is 5.66. The van der Waals surface area contributed by atoms with Gasteiger partial charge < -0.3 is 19.1 Å². The van der Waals surface area contributed by atoms with Crippen molar-refractivity contribution in [2.75, 3.05) is 26.8 Å². The van der Waals surface area contributed by atoms with E-state index in [1.807, 2.05) is 78.6 Å². The van der Waals surface area contributed by atoms with Crippen molar-refractivity contribution in [3.63, 3.8) is 0 Å². The Bertz CT molecular complexity index is 1310. The van der Waals surface area contributed by atoms with Gasteiger partial charge in [0, 0.05) is 31.5 Å². The van der Waals surface area contributed by atoms with Crippen molar-refractivity contribution >= 4 is 23.3 Å². The molecule has 0 bridgehead atoms. The lowest BCUT2D eigenvalue weighted by molar-refractivity contribution is -0.128. The molecule has 3 aromatic rings. The molecule has 3 aromatic carbocycles. The lowest BCUT2D eigenvalue weighted by Gasteiger charge is -2.44. The summed E-state index contributed by atoms with van der Waals surface area (Å²) in [7, 11) is 1.58. The van der Waals surface area contributed by atoms with Crippen molar-refractivity contribution in [1.29, 1.82) is 0 Å². The van der Waals surface area contributed by atoms with Gasteiger partial charge in [0.15, 0.2) is 5.78 Å². The summed E-state index contributed by atoms with van der Waals surface area (Å²) < 4.78 is 17.2. The first-order valence-electron chi connectivity index (χ1n) is 12.7. The fraction of sp³-hybridized carbons (Fsp3) is 0.290. The molecule has 1 spiro atoms. The number of carbonyl (C=O) groups excluding carboxylic acids is 2. The molecule has 1 amide bonds. The van der Waals surface area contributed by atoms with Crippen molar-refractivity contribution in [2.45, 2.75) is 31.8 Å². The summed E-state index contributed by atoms with van der Waals surface area (Å²) >= 11 is 0. The number of rotatable bonds is 6. The largest absolute Gasteiger partial charge is 0.497 e. The molecule has 6 heteroatoms. The number of hydrogen-bond acceptors (Lipinski definition) is 5. The molecule has 6 nitrogen and oxygen atoms in total. The van der Waals surface area contributed by atoms with Gasteiger partial charge >= 0.3 is 0 Å². The zero-order valence-corrected chi connectivity index (χ0v) is 21.2. The summed E-state index contributed by atoms with van der Waals surface area (Å²) in [6, 6.07) is 22.8. The van der Waals surface area contributed by atoms with E-state index >= 15 is 0 Å². The van der Waals surface area contributed by atoms with Crippen LogP contribution in [0.25, 0.3) is 11.6 Å². The number of fused-ring (bicyclic) bond motifs is 1. The number of ketones is 1. The number of likely N-dealkylation sites (tertiary alicyclic amines) is 1. The topological polar surface area (TPSA) is 65.1 Å². The van der Waals surface area contributed by atoms with Crippen LogP contribution < -0.4 is 14.2 Å². The maximum Gasteiger partial charge on any atom is 0.254 e. The molecule has 190 valence electrons. The van der Waals surface area contributed by atoms with Crippen LogP contribution in [0.2, 0.25) is 0 Å². The number of benzene rings is 3. The quantitative estimate of drug-likeness (QED) is 0.325. The first-order chi connectivity index (χ1) is 18.0. The van der Waals surface area contributed by atoms with Crippen LogP contribution >= 0.6 is 0 Å². The van der Waals surface area contributed by atoms with Gasteiger partial charge in [-0.25, -0.2) is 0 Å². The van der Waals surface area contributed by atoms with Crippen LogP contribution in [0.4, 0.5) is 0 Å². The Morgan fingerprint density at radius 2 is 1.70 bits per heavy atom. The van der Waals surface area contributed by atoms with Crippen LogP contribution in [0.1, 0.15) is 47.7 Å². The zero-order chi connectivity index (χ0) is 25.8. The monoisotopic (exact) mass is 497 g/mol. The Kier molecular flexibility index (Phi) is 6.99. The summed E-state index contributed by atoms with van der Waals surface area (Å²) in [6.07, 6.45) is 3.44. The molecular formula is C31H31NO5. The minimum absolute atomic E-state index is 0.0257. The fourth-order valence-electron chi connectivity index (χ4n) is 5.05. The summed E-state index contributed by atoms with van der Waals surface area (Å²) in [6.45, 7) is 3.59. The summed E-state index contributed by atoms with van der Waals surface area (Å²) in [5.41, 5.74) is 2.42. The van der Waals surface area contributed by atoms with Gasteiger partial charge in [-0.3, -0.25) is 9.59 Å². The van der Waals surface area contributed by atoms with E-state index in [2.05, 4.69) is 0 Å². The number of Topliss-reactive ketones (excluding diaryl/α,β-unsaturated/α-hetero) is 1. The van der Waals surface area contributed by atoms with E-state index in [-0.39, 0.29) is 11.7 Å². The van der Waals surface area contributed by atoms with Gasteiger partial charge in [0.05, 0.1) is 25.7 Å². The van der Waals surface area contributed by atoms with Crippen LogP contribution in [0.3, 0.4) is 0 Å². The Hall–Kier alpha value is -4.06. The van der Waals surface area contributed by atoms with E-state index in [0.717, 1.165) is 16.9 Å². The van der Waals surface area contributed by atoms with Crippen LogP contribution in [-0.2, 0) is 4.79 Å². The Morgan fingerprint density at radius 3 is 2.38 bits per heavy atom. The van der Waals surface area contributed by atoms with E-state index in [4.69, 9.17) is 14.2 Å². The van der Waals surface area contributed by atoms with Crippen molar-refractivity contribution in [3.05, 3.63) is 89.5 Å². The number of methoxy groups -OCH3 is 1. The maximum atomic E-state index is 13.8. The van der Waals surface area contributed by atoms with E-state index in [0.29, 0.717) is 61.6 Å². The molecule has 2 aliphatic heterocycles. The highest BCUT2D eigenvalue weighted by Gasteiger charge is 2.44. The third kappa shape index (κ3) is 5.24. The summed E-state index contributed by atoms with van der Waals surface area (Å²) in [4.78, 5) is 28.6. The molecule has 0 unspecified atom stereocenters. The number of carbonyl (C=O) groups is 2. The van der Waals surface area contributed by atoms with E-state index in [1.54, 1.807) is 19.2 Å². The number of nitrogens with zero attached hydrogens (tertiary/aromatic N) is 1. The van der Waals surface area contributed by atoms with Crippen LogP contribution in [0.15, 0.2) is 72.8 Å². The third-order valence-electron chi connectivity index (χ3n) is 7.08. The number of amides is 1. The zero-order valence-electron chi connectivity index (χ0n) is 21.2. The lowest BCUT2D eigenvalue weighted by atomic mass is 9.82. The van der Waals surface area contributed by atoms with Gasteiger partial charge in [-0.1, -0.05) is 42.5 Å². The predicted molar refractivity (Wildman–Crippen MR) is 143 cm³/mol. The second-order valence-corrected chi connectivity index (χ2v) is 9.47. The highest BCUT2D eigenvalue weighted by molar-refractivity contribution is 6.24. The van der Waals surface area contributed by atoms with Crippen molar-refractivity contribution < 1.29 is 23.8 Å². The lowest BCUT2D eigenvalue weighted by Crippen LogP contribution is -2.52. The molecule has 0 atom stereocenters. The molecule has 2 heterocycles. The highest BCUT2D eigenvalue weighted by atomic mass is 16.5. The normalized spacial score (nSPS) is 16.6. The van der Waals surface area contributed by atoms with Crippen LogP contribution in [0, 0.1) is 0 Å². The standard InChI is InChI=1S/C31H31NO5/c1-3-36-24-11-9-22(10-12-24)19-26(23-7-5-4-6-8-23)30(34)32-17-15-31(16-18-32)21-28(33)27-20-25(35-2)13-14-29(27)37-31/h4-14,19-20H,3,15-18,21H2,1-2H3/b26-19+. The average Bonchev–Trinajstić information content (AvgIpc) is 2.93. The molecule has 0 aliphatic carbocycles. The maximum absolute atomic E-state index is 13.8. The highest BCUT2D eigenvalue weighted by Crippen LogP contribution is 2.41. The molecule has 1 fully saturated rings. The smallest absolute Gasteiger partial charge is 0.254 e. The number of ether oxygens (including phenoxy) is 3. The molecule has 37 heavy (non-hydrogen) atoms. The Labute approximate surface area is 217 Å². The van der Waals surface area contributed by atoms with Crippen LogP contribution in [-0.4, -0.2) is 49.0 Å². The third-order valence-corrected chi connectivity index (χ3v) is 7.08.